The molecule has 1 aromatic rings. The van der Waals surface area contributed by atoms with Crippen LogP contribution in [0.5, 0.6) is 0 Å². The molecule has 0 aliphatic heterocycles. The molecule has 0 spiro atoms. The molecule has 0 atom stereocenters. The van der Waals surface area contributed by atoms with Crippen LogP contribution < -0.4 is 0 Å². The normalized spacial score (nSPS) is 9.06. The summed E-state index contributed by atoms with van der Waals surface area (Å²) < 4.78 is 4.80. The Morgan fingerprint density at radius 2 is 2.06 bits per heavy atom. The Morgan fingerprint density at radius 1 is 1.44 bits per heavy atom. The summed E-state index contributed by atoms with van der Waals surface area (Å²) in [7, 11) is 0. The Balaban J connectivity index is -0.000000750. The van der Waals surface area contributed by atoms with E-state index in [9.17, 15) is 9.59 Å². The van der Waals surface area contributed by atoms with Crippen LogP contribution in [0.25, 0.3) is 0 Å². The Kier molecular flexibility index (Phi) is 7.83. The SMILES string of the molecule is CCSOC(=O)c1cccc(C(=O)O)c1.[Ca+2].[H-].[H-]. The topological polar surface area (TPSA) is 63.6 Å². The molecule has 16 heavy (non-hydrogen) atoms. The number of hydrogen-bond acceptors (Lipinski definition) is 4. The van der Waals surface area contributed by atoms with Crippen LogP contribution in [0.1, 0.15) is 30.5 Å². The van der Waals surface area contributed by atoms with E-state index in [4.69, 9.17) is 9.29 Å². The van der Waals surface area contributed by atoms with Gasteiger partial charge < -0.3 is 12.1 Å². The molecule has 84 valence electrons. The minimum atomic E-state index is -1.06. The molecule has 0 radical (unpaired) electrons. The molecule has 1 rings (SSSR count). The van der Waals surface area contributed by atoms with Gasteiger partial charge in [-0.05, 0) is 18.2 Å². The van der Waals surface area contributed by atoms with Crippen molar-refractivity contribution in [3.63, 3.8) is 0 Å². The zero-order valence-corrected chi connectivity index (χ0v) is 11.8. The van der Waals surface area contributed by atoms with E-state index in [1.54, 1.807) is 0 Å². The van der Waals surface area contributed by atoms with E-state index in [1.807, 2.05) is 6.92 Å². The zero-order valence-electron chi connectivity index (χ0n) is 10.8. The van der Waals surface area contributed by atoms with Crippen LogP contribution >= 0.6 is 12.0 Å². The molecular weight excluding hydrogens is 256 g/mol. The average Bonchev–Trinajstić information content (AvgIpc) is 2.26. The molecule has 0 fully saturated rings. The van der Waals surface area contributed by atoms with Crippen molar-refractivity contribution in [2.45, 2.75) is 6.92 Å². The fourth-order valence-electron chi connectivity index (χ4n) is 0.940. The first-order valence-corrected chi connectivity index (χ1v) is 5.23. The molecule has 0 aliphatic rings. The summed E-state index contributed by atoms with van der Waals surface area (Å²) in [5, 5.41) is 8.71. The molecule has 0 heterocycles. The van der Waals surface area contributed by atoms with Gasteiger partial charge in [0.25, 0.3) is 0 Å². The van der Waals surface area contributed by atoms with E-state index in [0.29, 0.717) is 5.75 Å². The van der Waals surface area contributed by atoms with Gasteiger partial charge in [0.05, 0.1) is 23.2 Å². The zero-order chi connectivity index (χ0) is 11.3. The molecule has 6 heteroatoms. The van der Waals surface area contributed by atoms with Gasteiger partial charge in [-0.15, -0.1) is 0 Å². The molecule has 0 amide bonds. The molecular formula is C10H12CaO4S. The van der Waals surface area contributed by atoms with Crippen molar-refractivity contribution >= 4 is 61.7 Å². The van der Waals surface area contributed by atoms with E-state index in [2.05, 4.69) is 0 Å². The number of carbonyl (C=O) groups is 2. The second-order valence-corrected chi connectivity index (χ2v) is 3.64. The van der Waals surface area contributed by atoms with Crippen LogP contribution in [-0.4, -0.2) is 60.5 Å². The van der Waals surface area contributed by atoms with Crippen molar-refractivity contribution in [1.29, 1.82) is 0 Å². The van der Waals surface area contributed by atoms with Gasteiger partial charge in [0, 0.05) is 5.75 Å². The molecule has 4 nitrogen and oxygen atoms in total. The van der Waals surface area contributed by atoms with Gasteiger partial charge in [0.2, 0.25) is 0 Å². The summed E-state index contributed by atoms with van der Waals surface area (Å²) in [6.45, 7) is 1.85. The number of hydrogen-bond donors (Lipinski definition) is 1. The van der Waals surface area contributed by atoms with E-state index in [0.717, 1.165) is 12.0 Å². The van der Waals surface area contributed by atoms with Crippen molar-refractivity contribution in [3.8, 4) is 0 Å². The van der Waals surface area contributed by atoms with Crippen molar-refractivity contribution in [2.24, 2.45) is 0 Å². The third kappa shape index (κ3) is 4.74. The number of carbonyl (C=O) groups excluding carboxylic acids is 1. The average molecular weight is 268 g/mol. The Hall–Kier alpha value is -0.230. The van der Waals surface area contributed by atoms with Gasteiger partial charge in [-0.3, -0.25) is 0 Å². The fourth-order valence-corrected chi connectivity index (χ4v) is 1.26. The molecule has 0 saturated carbocycles. The van der Waals surface area contributed by atoms with Gasteiger partial charge >= 0.3 is 49.7 Å². The van der Waals surface area contributed by atoms with Gasteiger partial charge in [-0.25, -0.2) is 9.59 Å². The largest absolute Gasteiger partial charge is 2.00 e. The van der Waals surface area contributed by atoms with E-state index >= 15 is 0 Å². The standard InChI is InChI=1S/C10H10O4S.Ca.2H/c1-2-15-14-10(13)8-5-3-4-7(6-8)9(11)12;;;/h3-6H,2H2,1H3,(H,11,12);;;/q;+2;2*-1. The summed E-state index contributed by atoms with van der Waals surface area (Å²) in [6, 6.07) is 5.74. The second kappa shape index (κ2) is 7.95. The molecule has 0 aromatic heterocycles. The smallest absolute Gasteiger partial charge is 1.00 e. The van der Waals surface area contributed by atoms with Gasteiger partial charge in [-0.2, -0.15) is 0 Å². The molecule has 0 aliphatic carbocycles. The molecule has 0 saturated heterocycles. The summed E-state index contributed by atoms with van der Waals surface area (Å²) in [4.78, 5) is 22.0. The summed E-state index contributed by atoms with van der Waals surface area (Å²) in [5.74, 6) is -0.928. The van der Waals surface area contributed by atoms with Gasteiger partial charge in [0.15, 0.2) is 0 Å². The predicted octanol–water partition coefficient (Wildman–Crippen LogP) is 2.05. The van der Waals surface area contributed by atoms with Crippen LogP contribution in [0.4, 0.5) is 0 Å². The van der Waals surface area contributed by atoms with Crippen molar-refractivity contribution < 1.29 is 21.7 Å². The number of rotatable bonds is 4. The quantitative estimate of drug-likeness (QED) is 0.669. The third-order valence-corrected chi connectivity index (χ3v) is 2.10. The molecule has 1 N–H and O–H groups in total. The summed E-state index contributed by atoms with van der Waals surface area (Å²) >= 11 is 1.03. The van der Waals surface area contributed by atoms with Crippen molar-refractivity contribution in [1.82, 2.24) is 0 Å². The van der Waals surface area contributed by atoms with Gasteiger partial charge in [-0.1, -0.05) is 13.0 Å². The fraction of sp³-hybridized carbons (Fsp3) is 0.200. The molecule has 1 aromatic carbocycles. The predicted molar refractivity (Wildman–Crippen MR) is 64.9 cm³/mol. The van der Waals surface area contributed by atoms with Crippen LogP contribution in [0.15, 0.2) is 24.3 Å². The first-order chi connectivity index (χ1) is 7.15. The van der Waals surface area contributed by atoms with Crippen LogP contribution in [0.3, 0.4) is 0 Å². The van der Waals surface area contributed by atoms with Crippen LogP contribution in [-0.2, 0) is 4.18 Å². The molecule has 0 unspecified atom stereocenters. The summed E-state index contributed by atoms with van der Waals surface area (Å²) in [6.07, 6.45) is 0. The van der Waals surface area contributed by atoms with Crippen molar-refractivity contribution in [3.05, 3.63) is 35.4 Å². The van der Waals surface area contributed by atoms with E-state index in [-0.39, 0.29) is 51.7 Å². The Labute approximate surface area is 131 Å². The first-order valence-electron chi connectivity index (χ1n) is 4.32. The maximum Gasteiger partial charge on any atom is 2.00 e. The number of aromatic carboxylic acids is 1. The number of carboxylic acid groups (broad SMARTS) is 1. The third-order valence-electron chi connectivity index (χ3n) is 1.60. The second-order valence-electron chi connectivity index (χ2n) is 2.66. The van der Waals surface area contributed by atoms with E-state index in [1.165, 1.54) is 24.3 Å². The Morgan fingerprint density at radius 3 is 2.62 bits per heavy atom. The van der Waals surface area contributed by atoms with Crippen LogP contribution in [0.2, 0.25) is 0 Å². The van der Waals surface area contributed by atoms with Crippen LogP contribution in [0, 0.1) is 0 Å². The summed E-state index contributed by atoms with van der Waals surface area (Å²) in [5.41, 5.74) is 0.321. The van der Waals surface area contributed by atoms with Crippen molar-refractivity contribution in [2.75, 3.05) is 5.75 Å². The minimum Gasteiger partial charge on any atom is -1.00 e. The number of carboxylic acids is 1. The van der Waals surface area contributed by atoms with Gasteiger partial charge in [0.1, 0.15) is 0 Å². The minimum absolute atomic E-state index is 0. The Bertz CT molecular complexity index is 390. The maximum atomic E-state index is 11.3. The maximum absolute atomic E-state index is 11.3. The number of benzene rings is 1. The first kappa shape index (κ1) is 15.8. The monoisotopic (exact) mass is 268 g/mol. The van der Waals surface area contributed by atoms with E-state index < -0.39 is 11.9 Å². The molecule has 0 bridgehead atoms.